The maximum absolute atomic E-state index is 12.0. The number of rotatable bonds is 2. The van der Waals surface area contributed by atoms with E-state index in [4.69, 9.17) is 4.74 Å². The lowest BCUT2D eigenvalue weighted by Gasteiger charge is -2.31. The van der Waals surface area contributed by atoms with Gasteiger partial charge in [-0.15, -0.1) is 0 Å². The van der Waals surface area contributed by atoms with E-state index >= 15 is 0 Å². The van der Waals surface area contributed by atoms with Gasteiger partial charge in [-0.1, -0.05) is 37.3 Å². The minimum absolute atomic E-state index is 0.203. The van der Waals surface area contributed by atoms with Crippen molar-refractivity contribution < 1.29 is 9.53 Å². The molecule has 90 valence electrons. The fourth-order valence-corrected chi connectivity index (χ4v) is 2.64. The monoisotopic (exact) mass is 230 g/mol. The quantitative estimate of drug-likeness (QED) is 0.779. The lowest BCUT2D eigenvalue weighted by Crippen LogP contribution is -2.25. The highest BCUT2D eigenvalue weighted by Gasteiger charge is 2.33. The van der Waals surface area contributed by atoms with Gasteiger partial charge in [0.2, 0.25) is 0 Å². The molecule has 0 N–H and O–H groups in total. The Morgan fingerprint density at radius 1 is 1.24 bits per heavy atom. The maximum atomic E-state index is 12.0. The first-order valence-corrected chi connectivity index (χ1v) is 5.98. The Balaban J connectivity index is 2.37. The first-order valence-electron chi connectivity index (χ1n) is 5.98. The summed E-state index contributed by atoms with van der Waals surface area (Å²) in [5.41, 5.74) is 2.00. The Bertz CT molecular complexity index is 445. The van der Waals surface area contributed by atoms with Crippen LogP contribution in [0.4, 0.5) is 0 Å². The molecule has 2 rings (SSSR count). The molecular weight excluding hydrogens is 212 g/mol. The minimum Gasteiger partial charge on any atom is -0.500 e. The van der Waals surface area contributed by atoms with E-state index in [1.54, 1.807) is 7.11 Å². The van der Waals surface area contributed by atoms with Crippen molar-refractivity contribution >= 4 is 5.78 Å². The summed E-state index contributed by atoms with van der Waals surface area (Å²) in [6.07, 6.45) is 0.587. The maximum Gasteiger partial charge on any atom is 0.162 e. The molecule has 0 heterocycles. The van der Waals surface area contributed by atoms with E-state index in [1.807, 2.05) is 25.1 Å². The van der Waals surface area contributed by atoms with Crippen molar-refractivity contribution in [3.63, 3.8) is 0 Å². The standard InChI is InChI=1S/C15H18O2/c1-10-13(12-7-5-4-6-8-12)9-14(16)11(2)15(10)17-3/h4-8,10,13H,9H2,1-3H3. The fraction of sp³-hybridized carbons (Fsp3) is 0.400. The number of hydrogen-bond acceptors (Lipinski definition) is 2. The van der Waals surface area contributed by atoms with Gasteiger partial charge in [0.15, 0.2) is 5.78 Å². The Kier molecular flexibility index (Phi) is 3.32. The van der Waals surface area contributed by atoms with Crippen LogP contribution in [-0.2, 0) is 9.53 Å². The summed E-state index contributed by atoms with van der Waals surface area (Å²) in [5, 5.41) is 0. The third kappa shape index (κ3) is 2.12. The van der Waals surface area contributed by atoms with E-state index in [2.05, 4.69) is 19.1 Å². The summed E-state index contributed by atoms with van der Waals surface area (Å²) in [7, 11) is 1.65. The number of ether oxygens (including phenoxy) is 1. The molecule has 2 nitrogen and oxygen atoms in total. The fourth-order valence-electron chi connectivity index (χ4n) is 2.64. The number of methoxy groups -OCH3 is 1. The summed E-state index contributed by atoms with van der Waals surface area (Å²) < 4.78 is 5.40. The van der Waals surface area contributed by atoms with Crippen LogP contribution in [0.25, 0.3) is 0 Å². The lowest BCUT2D eigenvalue weighted by atomic mass is 9.76. The van der Waals surface area contributed by atoms with Crippen molar-refractivity contribution in [1.82, 2.24) is 0 Å². The summed E-state index contributed by atoms with van der Waals surface area (Å²) in [5.74, 6) is 1.55. The number of hydrogen-bond donors (Lipinski definition) is 0. The molecule has 2 heteroatoms. The van der Waals surface area contributed by atoms with Crippen molar-refractivity contribution in [2.45, 2.75) is 26.2 Å². The van der Waals surface area contributed by atoms with E-state index in [0.29, 0.717) is 6.42 Å². The van der Waals surface area contributed by atoms with Crippen LogP contribution in [-0.4, -0.2) is 12.9 Å². The molecule has 0 bridgehead atoms. The first-order chi connectivity index (χ1) is 8.15. The van der Waals surface area contributed by atoms with E-state index < -0.39 is 0 Å². The molecule has 0 spiro atoms. The molecule has 0 saturated carbocycles. The molecule has 2 unspecified atom stereocenters. The molecular formula is C15H18O2. The summed E-state index contributed by atoms with van der Waals surface area (Å²) in [4.78, 5) is 12.0. The zero-order valence-corrected chi connectivity index (χ0v) is 10.6. The van der Waals surface area contributed by atoms with Crippen LogP contribution in [0, 0.1) is 5.92 Å². The third-order valence-corrected chi connectivity index (χ3v) is 3.66. The van der Waals surface area contributed by atoms with Gasteiger partial charge < -0.3 is 4.74 Å². The molecule has 0 aromatic heterocycles. The predicted octanol–water partition coefficient (Wildman–Crippen LogP) is 3.30. The topological polar surface area (TPSA) is 26.3 Å². The van der Waals surface area contributed by atoms with E-state index in [0.717, 1.165) is 11.3 Å². The number of carbonyl (C=O) groups is 1. The van der Waals surface area contributed by atoms with Crippen LogP contribution in [0.5, 0.6) is 0 Å². The largest absolute Gasteiger partial charge is 0.500 e. The third-order valence-electron chi connectivity index (χ3n) is 3.66. The molecule has 0 radical (unpaired) electrons. The normalized spacial score (nSPS) is 25.0. The molecule has 1 aliphatic rings. The van der Waals surface area contributed by atoms with E-state index in [-0.39, 0.29) is 17.6 Å². The van der Waals surface area contributed by atoms with Gasteiger partial charge in [-0.2, -0.15) is 0 Å². The average molecular weight is 230 g/mol. The molecule has 1 aromatic rings. The second-order valence-corrected chi connectivity index (χ2v) is 4.63. The van der Waals surface area contributed by atoms with Crippen molar-refractivity contribution in [1.29, 1.82) is 0 Å². The number of allylic oxidation sites excluding steroid dienone is 2. The molecule has 0 aliphatic heterocycles. The highest BCUT2D eigenvalue weighted by molar-refractivity contribution is 5.96. The Hall–Kier alpha value is -1.57. The van der Waals surface area contributed by atoms with Gasteiger partial charge in [0.05, 0.1) is 7.11 Å². The van der Waals surface area contributed by atoms with E-state index in [9.17, 15) is 4.79 Å². The molecule has 0 amide bonds. The SMILES string of the molecule is COC1=C(C)C(=O)CC(c2ccccc2)C1C. The predicted molar refractivity (Wildman–Crippen MR) is 67.7 cm³/mol. The van der Waals surface area contributed by atoms with Gasteiger partial charge in [0.1, 0.15) is 5.76 Å². The van der Waals surface area contributed by atoms with Gasteiger partial charge in [-0.3, -0.25) is 4.79 Å². The van der Waals surface area contributed by atoms with Gasteiger partial charge in [0.25, 0.3) is 0 Å². The Morgan fingerprint density at radius 2 is 1.88 bits per heavy atom. The molecule has 17 heavy (non-hydrogen) atoms. The van der Waals surface area contributed by atoms with Crippen molar-refractivity contribution in [2.75, 3.05) is 7.11 Å². The summed E-state index contributed by atoms with van der Waals surface area (Å²) in [6.45, 7) is 3.99. The van der Waals surface area contributed by atoms with Crippen molar-refractivity contribution in [3.8, 4) is 0 Å². The second kappa shape index (κ2) is 4.74. The summed E-state index contributed by atoms with van der Waals surface area (Å²) in [6, 6.07) is 10.2. The van der Waals surface area contributed by atoms with Crippen LogP contribution in [0.2, 0.25) is 0 Å². The number of ketones is 1. The lowest BCUT2D eigenvalue weighted by molar-refractivity contribution is -0.117. The number of carbonyl (C=O) groups excluding carboxylic acids is 1. The number of benzene rings is 1. The van der Waals surface area contributed by atoms with E-state index in [1.165, 1.54) is 5.56 Å². The van der Waals surface area contributed by atoms with Crippen molar-refractivity contribution in [2.24, 2.45) is 5.92 Å². The van der Waals surface area contributed by atoms with Crippen LogP contribution >= 0.6 is 0 Å². The highest BCUT2D eigenvalue weighted by Crippen LogP contribution is 2.39. The first kappa shape index (κ1) is 11.9. The average Bonchev–Trinajstić information content (AvgIpc) is 2.36. The summed E-state index contributed by atoms with van der Waals surface area (Å²) >= 11 is 0. The number of Topliss-reactive ketones (excluding diaryl/α,β-unsaturated/α-hetero) is 1. The smallest absolute Gasteiger partial charge is 0.162 e. The molecule has 0 saturated heterocycles. The molecule has 2 atom stereocenters. The second-order valence-electron chi connectivity index (χ2n) is 4.63. The highest BCUT2D eigenvalue weighted by atomic mass is 16.5. The van der Waals surface area contributed by atoms with Crippen LogP contribution in [0.3, 0.4) is 0 Å². The molecule has 0 fully saturated rings. The van der Waals surface area contributed by atoms with Crippen molar-refractivity contribution in [3.05, 3.63) is 47.2 Å². The zero-order valence-electron chi connectivity index (χ0n) is 10.6. The van der Waals surface area contributed by atoms with Gasteiger partial charge in [0, 0.05) is 23.8 Å². The Labute approximate surface area is 102 Å². The minimum atomic E-state index is 0.203. The van der Waals surface area contributed by atoms with Crippen LogP contribution in [0.15, 0.2) is 41.7 Å². The molecule has 1 aliphatic carbocycles. The Morgan fingerprint density at radius 3 is 2.47 bits per heavy atom. The van der Waals surface area contributed by atoms with Gasteiger partial charge in [-0.05, 0) is 12.5 Å². The van der Waals surface area contributed by atoms with Crippen LogP contribution < -0.4 is 0 Å². The van der Waals surface area contributed by atoms with Crippen LogP contribution in [0.1, 0.15) is 31.7 Å². The zero-order chi connectivity index (χ0) is 12.4. The van der Waals surface area contributed by atoms with Gasteiger partial charge in [-0.25, -0.2) is 0 Å². The van der Waals surface area contributed by atoms with Gasteiger partial charge >= 0.3 is 0 Å². The molecule has 1 aromatic carbocycles.